The van der Waals surface area contributed by atoms with E-state index >= 15 is 0 Å². The Morgan fingerprint density at radius 1 is 0.971 bits per heavy atom. The van der Waals surface area contributed by atoms with Gasteiger partial charge in [0.1, 0.15) is 6.61 Å². The number of ketones is 1. The van der Waals surface area contributed by atoms with Gasteiger partial charge in [0.05, 0.1) is 0 Å². The van der Waals surface area contributed by atoms with Crippen LogP contribution >= 0.6 is 0 Å². The second-order valence-electron chi connectivity index (χ2n) is 9.40. The van der Waals surface area contributed by atoms with E-state index in [9.17, 15) is 36.2 Å². The quantitative estimate of drug-likeness (QED) is 0.365. The fraction of sp³-hybridized carbons (Fsp3) is 0.500. The standard InChI is InChI=1S/C26H28F6O3/c1-23(19-8-4-3-5-9-19)15-18(22(33)16-35-2)7-6-10-21(23)17-11-13-20(14-12-17)24(34,25(27,28)29)26(30,31)32/h3-5,8-9,11-14,18,21,34H,6-7,10,15-16H2,1-2H3/t18?,21-,23+/m0/s1. The molecule has 1 saturated carbocycles. The molecule has 9 heteroatoms. The Morgan fingerprint density at radius 2 is 1.54 bits per heavy atom. The molecule has 192 valence electrons. The van der Waals surface area contributed by atoms with Gasteiger partial charge in [0.15, 0.2) is 5.78 Å². The van der Waals surface area contributed by atoms with Gasteiger partial charge in [-0.3, -0.25) is 4.79 Å². The van der Waals surface area contributed by atoms with Gasteiger partial charge < -0.3 is 9.84 Å². The van der Waals surface area contributed by atoms with Crippen molar-refractivity contribution in [2.45, 2.75) is 61.9 Å². The van der Waals surface area contributed by atoms with E-state index in [1.165, 1.54) is 19.2 Å². The maximum Gasteiger partial charge on any atom is 0.430 e. The average molecular weight is 502 g/mol. The highest BCUT2D eigenvalue weighted by atomic mass is 19.4. The molecule has 0 bridgehead atoms. The summed E-state index contributed by atoms with van der Waals surface area (Å²) in [4.78, 5) is 12.7. The number of aliphatic hydroxyl groups is 1. The minimum Gasteiger partial charge on any atom is -0.377 e. The summed E-state index contributed by atoms with van der Waals surface area (Å²) < 4.78 is 84.9. The summed E-state index contributed by atoms with van der Waals surface area (Å²) >= 11 is 0. The second-order valence-corrected chi connectivity index (χ2v) is 9.40. The third kappa shape index (κ3) is 5.11. The van der Waals surface area contributed by atoms with Crippen LogP contribution in [0.4, 0.5) is 26.3 Å². The largest absolute Gasteiger partial charge is 0.430 e. The van der Waals surface area contributed by atoms with Crippen LogP contribution in [0.3, 0.4) is 0 Å². The number of benzene rings is 2. The van der Waals surface area contributed by atoms with Crippen molar-refractivity contribution in [3.8, 4) is 0 Å². The van der Waals surface area contributed by atoms with Crippen LogP contribution in [0.2, 0.25) is 0 Å². The molecule has 3 nitrogen and oxygen atoms in total. The fourth-order valence-electron chi connectivity index (χ4n) is 5.30. The van der Waals surface area contributed by atoms with Gasteiger partial charge in [-0.15, -0.1) is 0 Å². The van der Waals surface area contributed by atoms with Gasteiger partial charge in [-0.2, -0.15) is 26.3 Å². The second kappa shape index (κ2) is 9.93. The molecule has 1 N–H and O–H groups in total. The fourth-order valence-corrected chi connectivity index (χ4v) is 5.30. The van der Waals surface area contributed by atoms with E-state index in [1.54, 1.807) is 0 Å². The molecule has 0 aliphatic heterocycles. The maximum absolute atomic E-state index is 13.3. The number of hydrogen-bond donors (Lipinski definition) is 1. The molecule has 0 spiro atoms. The predicted molar refractivity (Wildman–Crippen MR) is 118 cm³/mol. The lowest BCUT2D eigenvalue weighted by atomic mass is 9.64. The molecule has 1 fully saturated rings. The Morgan fingerprint density at radius 3 is 2.06 bits per heavy atom. The Hall–Kier alpha value is -2.39. The lowest BCUT2D eigenvalue weighted by Gasteiger charge is -2.39. The zero-order valence-corrected chi connectivity index (χ0v) is 19.4. The molecule has 0 saturated heterocycles. The van der Waals surface area contributed by atoms with Crippen LogP contribution in [0.15, 0.2) is 54.6 Å². The molecule has 35 heavy (non-hydrogen) atoms. The summed E-state index contributed by atoms with van der Waals surface area (Å²) in [7, 11) is 1.44. The molecular formula is C26H28F6O3. The van der Waals surface area contributed by atoms with Crippen molar-refractivity contribution in [2.75, 3.05) is 13.7 Å². The summed E-state index contributed by atoms with van der Waals surface area (Å²) in [6, 6.07) is 13.2. The predicted octanol–water partition coefficient (Wildman–Crippen LogP) is 6.45. The van der Waals surface area contributed by atoms with Crippen molar-refractivity contribution < 1.29 is 41.0 Å². The molecule has 0 amide bonds. The lowest BCUT2D eigenvalue weighted by Crippen LogP contribution is -2.53. The van der Waals surface area contributed by atoms with Gasteiger partial charge in [0.25, 0.3) is 5.60 Å². The number of Topliss-reactive ketones (excluding diaryl/α,β-unsaturated/α-hetero) is 1. The third-order valence-corrected chi connectivity index (χ3v) is 7.21. The molecule has 1 unspecified atom stereocenters. The molecule has 0 aromatic heterocycles. The highest BCUT2D eigenvalue weighted by Gasteiger charge is 2.71. The molecule has 1 aliphatic carbocycles. The molecule has 2 aromatic rings. The van der Waals surface area contributed by atoms with E-state index in [1.807, 2.05) is 37.3 Å². The molecule has 0 radical (unpaired) electrons. The van der Waals surface area contributed by atoms with Crippen LogP contribution in [-0.2, 0) is 20.5 Å². The van der Waals surface area contributed by atoms with Crippen molar-refractivity contribution in [3.05, 3.63) is 71.3 Å². The van der Waals surface area contributed by atoms with E-state index < -0.39 is 28.9 Å². The molecule has 0 heterocycles. The van der Waals surface area contributed by atoms with Crippen molar-refractivity contribution >= 4 is 5.78 Å². The van der Waals surface area contributed by atoms with E-state index in [2.05, 4.69) is 0 Å². The van der Waals surface area contributed by atoms with Crippen molar-refractivity contribution in [1.82, 2.24) is 0 Å². The average Bonchev–Trinajstić information content (AvgIpc) is 2.98. The van der Waals surface area contributed by atoms with Crippen LogP contribution in [0.1, 0.15) is 55.2 Å². The first-order valence-electron chi connectivity index (χ1n) is 11.3. The van der Waals surface area contributed by atoms with Crippen molar-refractivity contribution in [2.24, 2.45) is 5.92 Å². The van der Waals surface area contributed by atoms with E-state index in [0.29, 0.717) is 43.4 Å². The zero-order chi connectivity index (χ0) is 26.1. The first kappa shape index (κ1) is 27.2. The molecule has 1 aliphatic rings. The van der Waals surface area contributed by atoms with Crippen LogP contribution < -0.4 is 0 Å². The molecule has 3 atom stereocenters. The lowest BCUT2D eigenvalue weighted by molar-refractivity contribution is -0.376. The number of carbonyl (C=O) groups is 1. The summed E-state index contributed by atoms with van der Waals surface area (Å²) in [5, 5.41) is 9.73. The van der Waals surface area contributed by atoms with E-state index in [-0.39, 0.29) is 24.2 Å². The van der Waals surface area contributed by atoms with Crippen molar-refractivity contribution in [1.29, 1.82) is 0 Å². The summed E-state index contributed by atoms with van der Waals surface area (Å²) in [5.74, 6) is -0.597. The SMILES string of the molecule is COCC(=O)C1CCC[C@@H](c2ccc(C(O)(C(F)(F)F)C(F)(F)F)cc2)[C@@](C)(c2ccccc2)C1. The van der Waals surface area contributed by atoms with Crippen LogP contribution in [-0.4, -0.2) is 37.0 Å². The monoisotopic (exact) mass is 502 g/mol. The number of hydrogen-bond acceptors (Lipinski definition) is 3. The van der Waals surface area contributed by atoms with Gasteiger partial charge in [0.2, 0.25) is 0 Å². The van der Waals surface area contributed by atoms with Gasteiger partial charge in [-0.25, -0.2) is 0 Å². The molecule has 3 rings (SSSR count). The Balaban J connectivity index is 2.06. The topological polar surface area (TPSA) is 46.5 Å². The number of rotatable bonds is 6. The number of methoxy groups -OCH3 is 1. The van der Waals surface area contributed by atoms with Crippen molar-refractivity contribution in [3.63, 3.8) is 0 Å². The highest BCUT2D eigenvalue weighted by Crippen LogP contribution is 2.52. The highest BCUT2D eigenvalue weighted by molar-refractivity contribution is 5.82. The first-order chi connectivity index (χ1) is 16.3. The van der Waals surface area contributed by atoms with Gasteiger partial charge in [0, 0.05) is 24.0 Å². The smallest absolute Gasteiger partial charge is 0.377 e. The van der Waals surface area contributed by atoms with Crippen LogP contribution in [0.5, 0.6) is 0 Å². The number of carbonyl (C=O) groups excluding carboxylic acids is 1. The number of ether oxygens (including phenoxy) is 1. The van der Waals surface area contributed by atoms with E-state index in [4.69, 9.17) is 4.74 Å². The van der Waals surface area contributed by atoms with Crippen LogP contribution in [0.25, 0.3) is 0 Å². The first-order valence-corrected chi connectivity index (χ1v) is 11.3. The number of halogens is 6. The normalized spacial score (nSPS) is 24.1. The van der Waals surface area contributed by atoms with Crippen LogP contribution in [0, 0.1) is 5.92 Å². The minimum absolute atomic E-state index is 0.0254. The van der Waals surface area contributed by atoms with Gasteiger partial charge >= 0.3 is 12.4 Å². The maximum atomic E-state index is 13.3. The Kier molecular flexibility index (Phi) is 7.72. The summed E-state index contributed by atoms with van der Waals surface area (Å²) in [5.41, 5.74) is -5.40. The Bertz CT molecular complexity index is 986. The summed E-state index contributed by atoms with van der Waals surface area (Å²) in [6.45, 7) is 1.95. The zero-order valence-electron chi connectivity index (χ0n) is 19.4. The van der Waals surface area contributed by atoms with Gasteiger partial charge in [-0.1, -0.05) is 67.9 Å². The number of alkyl halides is 6. The minimum atomic E-state index is -5.94. The van der Waals surface area contributed by atoms with Gasteiger partial charge in [-0.05, 0) is 36.3 Å². The third-order valence-electron chi connectivity index (χ3n) is 7.21. The Labute approximate surface area is 200 Å². The summed E-state index contributed by atoms with van der Waals surface area (Å²) in [6.07, 6.45) is -9.57. The molecule has 2 aromatic carbocycles. The van der Waals surface area contributed by atoms with E-state index in [0.717, 1.165) is 5.56 Å². The molecular weight excluding hydrogens is 474 g/mol.